The number of aromatic nitrogens is 1. The van der Waals surface area contributed by atoms with Gasteiger partial charge in [0.1, 0.15) is 10.8 Å². The summed E-state index contributed by atoms with van der Waals surface area (Å²) in [6.45, 7) is 2.02. The molecule has 18 heavy (non-hydrogen) atoms. The minimum atomic E-state index is -0.267. The number of hydrogen-bond acceptors (Lipinski definition) is 2. The number of carbonyl (C=O) groups excluding carboxylic acids is 1. The topological polar surface area (TPSA) is 42.0 Å². The number of anilines is 1. The molecule has 1 N–H and O–H groups in total. The molecule has 5 heteroatoms. The largest absolute Gasteiger partial charge is 0.321 e. The first-order valence-corrected chi connectivity index (χ1v) is 6.72. The van der Waals surface area contributed by atoms with Crippen molar-refractivity contribution in [2.24, 2.45) is 0 Å². The number of hydrogen-bond donors (Lipinski definition) is 1. The lowest BCUT2D eigenvalue weighted by Crippen LogP contribution is -2.13. The lowest BCUT2D eigenvalue weighted by atomic mass is 10.2. The third-order valence-corrected chi connectivity index (χ3v) is 3.75. The quantitative estimate of drug-likeness (QED) is 0.642. The van der Waals surface area contributed by atoms with E-state index in [1.54, 1.807) is 18.2 Å². The molecule has 1 heterocycles. The van der Waals surface area contributed by atoms with Gasteiger partial charge in [0.2, 0.25) is 0 Å². The van der Waals surface area contributed by atoms with Crippen LogP contribution in [-0.4, -0.2) is 10.9 Å². The van der Waals surface area contributed by atoms with Crippen LogP contribution in [0.4, 0.5) is 5.69 Å². The Hall–Kier alpha value is -1.14. The molecule has 0 saturated carbocycles. The molecule has 0 saturated heterocycles. The highest BCUT2D eigenvalue weighted by molar-refractivity contribution is 14.1. The van der Waals surface area contributed by atoms with E-state index in [-0.39, 0.29) is 5.91 Å². The zero-order valence-corrected chi connectivity index (χ0v) is 12.5. The molecule has 0 aliphatic heterocycles. The standard InChI is InChI=1S/C13H10ClIN2O/c1-8-5-6-9(7-10(8)15)16-13(18)11-3-2-4-12(14)17-11/h2-7H,1H3,(H,16,18). The van der Waals surface area contributed by atoms with Crippen LogP contribution in [0.3, 0.4) is 0 Å². The van der Waals surface area contributed by atoms with E-state index in [0.29, 0.717) is 10.8 Å². The van der Waals surface area contributed by atoms with Crippen LogP contribution < -0.4 is 5.32 Å². The number of carbonyl (C=O) groups is 1. The van der Waals surface area contributed by atoms with Gasteiger partial charge >= 0.3 is 0 Å². The summed E-state index contributed by atoms with van der Waals surface area (Å²) in [6, 6.07) is 10.7. The van der Waals surface area contributed by atoms with Gasteiger partial charge in [-0.3, -0.25) is 4.79 Å². The van der Waals surface area contributed by atoms with Crippen LogP contribution in [0.25, 0.3) is 0 Å². The monoisotopic (exact) mass is 372 g/mol. The average Bonchev–Trinajstić information content (AvgIpc) is 2.34. The lowest BCUT2D eigenvalue weighted by Gasteiger charge is -2.06. The molecule has 0 atom stereocenters. The third kappa shape index (κ3) is 3.20. The van der Waals surface area contributed by atoms with E-state index < -0.39 is 0 Å². The molecule has 2 rings (SSSR count). The molecule has 0 aliphatic carbocycles. The predicted octanol–water partition coefficient (Wildman–Crippen LogP) is 3.90. The first-order chi connectivity index (χ1) is 8.56. The molecular formula is C13H10ClIN2O. The lowest BCUT2D eigenvalue weighted by molar-refractivity contribution is 0.102. The van der Waals surface area contributed by atoms with E-state index in [1.807, 2.05) is 25.1 Å². The highest BCUT2D eigenvalue weighted by Gasteiger charge is 2.08. The summed E-state index contributed by atoms with van der Waals surface area (Å²) in [5, 5.41) is 3.10. The van der Waals surface area contributed by atoms with Crippen molar-refractivity contribution in [2.45, 2.75) is 6.92 Å². The molecule has 2 aromatic rings. The van der Waals surface area contributed by atoms with Crippen LogP contribution in [0.15, 0.2) is 36.4 Å². The maximum atomic E-state index is 11.9. The molecule has 0 fully saturated rings. The van der Waals surface area contributed by atoms with Crippen molar-refractivity contribution < 1.29 is 4.79 Å². The molecule has 3 nitrogen and oxygen atoms in total. The van der Waals surface area contributed by atoms with Gasteiger partial charge in [-0.25, -0.2) is 4.98 Å². The average molecular weight is 373 g/mol. The summed E-state index contributed by atoms with van der Waals surface area (Å²) in [5.41, 5.74) is 2.23. The Labute approximate surface area is 124 Å². The molecular weight excluding hydrogens is 363 g/mol. The number of rotatable bonds is 2. The van der Waals surface area contributed by atoms with Crippen molar-refractivity contribution in [1.82, 2.24) is 4.98 Å². The molecule has 1 amide bonds. The van der Waals surface area contributed by atoms with Crippen molar-refractivity contribution in [3.63, 3.8) is 0 Å². The molecule has 1 aromatic heterocycles. The van der Waals surface area contributed by atoms with Crippen LogP contribution in [-0.2, 0) is 0 Å². The molecule has 92 valence electrons. The Kier molecular flexibility index (Phi) is 4.19. The summed E-state index contributed by atoms with van der Waals surface area (Å²) in [5.74, 6) is -0.267. The summed E-state index contributed by atoms with van der Waals surface area (Å²) < 4.78 is 1.10. The van der Waals surface area contributed by atoms with E-state index >= 15 is 0 Å². The summed E-state index contributed by atoms with van der Waals surface area (Å²) >= 11 is 7.97. The van der Waals surface area contributed by atoms with Crippen LogP contribution in [0.2, 0.25) is 5.15 Å². The van der Waals surface area contributed by atoms with Crippen molar-refractivity contribution >= 4 is 45.8 Å². The number of nitrogens with zero attached hydrogens (tertiary/aromatic N) is 1. The van der Waals surface area contributed by atoms with Gasteiger partial charge in [0.15, 0.2) is 0 Å². The Morgan fingerprint density at radius 3 is 2.78 bits per heavy atom. The number of nitrogens with one attached hydrogen (secondary N) is 1. The third-order valence-electron chi connectivity index (χ3n) is 2.38. The highest BCUT2D eigenvalue weighted by Crippen LogP contribution is 2.17. The number of aryl methyl sites for hydroxylation is 1. The Balaban J connectivity index is 2.18. The van der Waals surface area contributed by atoms with Crippen LogP contribution in [0, 0.1) is 10.5 Å². The van der Waals surface area contributed by atoms with Gasteiger partial charge < -0.3 is 5.32 Å². The van der Waals surface area contributed by atoms with Gasteiger partial charge in [-0.1, -0.05) is 23.7 Å². The Morgan fingerprint density at radius 2 is 2.11 bits per heavy atom. The molecule has 0 aliphatic rings. The van der Waals surface area contributed by atoms with Crippen molar-refractivity contribution in [1.29, 1.82) is 0 Å². The first kappa shape index (κ1) is 13.3. The maximum Gasteiger partial charge on any atom is 0.274 e. The second-order valence-corrected chi connectivity index (χ2v) is 5.31. The summed E-state index contributed by atoms with van der Waals surface area (Å²) in [4.78, 5) is 15.9. The van der Waals surface area contributed by atoms with Crippen molar-refractivity contribution in [3.05, 3.63) is 56.4 Å². The SMILES string of the molecule is Cc1ccc(NC(=O)c2cccc(Cl)n2)cc1I. The van der Waals surface area contributed by atoms with Gasteiger partial charge in [-0.05, 0) is 59.3 Å². The van der Waals surface area contributed by atoms with E-state index in [0.717, 1.165) is 9.26 Å². The number of amides is 1. The fraction of sp³-hybridized carbons (Fsp3) is 0.0769. The van der Waals surface area contributed by atoms with Crippen LogP contribution >= 0.6 is 34.2 Å². The fourth-order valence-corrected chi connectivity index (χ4v) is 2.08. The number of pyridine rings is 1. The maximum absolute atomic E-state index is 11.9. The van der Waals surface area contributed by atoms with Gasteiger partial charge in [0, 0.05) is 9.26 Å². The summed E-state index contributed by atoms with van der Waals surface area (Å²) in [7, 11) is 0. The minimum Gasteiger partial charge on any atom is -0.321 e. The number of benzene rings is 1. The second kappa shape index (κ2) is 5.67. The molecule has 0 spiro atoms. The minimum absolute atomic E-state index is 0.267. The summed E-state index contributed by atoms with van der Waals surface area (Å²) in [6.07, 6.45) is 0. The van der Waals surface area contributed by atoms with Gasteiger partial charge in [0.05, 0.1) is 0 Å². The van der Waals surface area contributed by atoms with Crippen LogP contribution in [0.1, 0.15) is 16.1 Å². The Morgan fingerprint density at radius 1 is 1.33 bits per heavy atom. The van der Waals surface area contributed by atoms with E-state index in [1.165, 1.54) is 5.56 Å². The normalized spacial score (nSPS) is 10.2. The van der Waals surface area contributed by atoms with Gasteiger partial charge in [-0.15, -0.1) is 0 Å². The van der Waals surface area contributed by atoms with Crippen molar-refractivity contribution in [3.8, 4) is 0 Å². The smallest absolute Gasteiger partial charge is 0.274 e. The molecule has 1 aromatic carbocycles. The van der Waals surface area contributed by atoms with E-state index in [9.17, 15) is 4.79 Å². The van der Waals surface area contributed by atoms with E-state index in [4.69, 9.17) is 11.6 Å². The van der Waals surface area contributed by atoms with Crippen LogP contribution in [0.5, 0.6) is 0 Å². The van der Waals surface area contributed by atoms with Gasteiger partial charge in [-0.2, -0.15) is 0 Å². The second-order valence-electron chi connectivity index (χ2n) is 3.76. The Bertz CT molecular complexity index is 601. The van der Waals surface area contributed by atoms with Crippen molar-refractivity contribution in [2.75, 3.05) is 5.32 Å². The van der Waals surface area contributed by atoms with Gasteiger partial charge in [0.25, 0.3) is 5.91 Å². The highest BCUT2D eigenvalue weighted by atomic mass is 127. The molecule has 0 bridgehead atoms. The zero-order valence-electron chi connectivity index (χ0n) is 9.58. The zero-order chi connectivity index (χ0) is 13.1. The fourth-order valence-electron chi connectivity index (χ4n) is 1.40. The first-order valence-electron chi connectivity index (χ1n) is 5.26. The predicted molar refractivity (Wildman–Crippen MR) is 81.1 cm³/mol. The molecule has 0 radical (unpaired) electrons. The van der Waals surface area contributed by atoms with E-state index in [2.05, 4.69) is 32.9 Å². The molecule has 0 unspecified atom stereocenters. The number of halogens is 2.